The molecule has 1 N–H and O–H groups in total. The van der Waals surface area contributed by atoms with Crippen molar-refractivity contribution in [3.63, 3.8) is 0 Å². The van der Waals surface area contributed by atoms with Crippen molar-refractivity contribution in [2.24, 2.45) is 0 Å². The van der Waals surface area contributed by atoms with Gasteiger partial charge in [0.15, 0.2) is 11.6 Å². The molecule has 25 heavy (non-hydrogen) atoms. The minimum Gasteiger partial charge on any atom is -0.354 e. The number of halogens is 3. The normalized spacial score (nSPS) is 10.7. The molecule has 0 fully saturated rings. The zero-order chi connectivity index (χ0) is 17.8. The SMILES string of the molecule is O=C(Nc1cc(-c2ccc(Cl)cc2)on1)c1c(CF)cccc1CF. The van der Waals surface area contributed by atoms with Crippen molar-refractivity contribution in [3.8, 4) is 11.3 Å². The van der Waals surface area contributed by atoms with Gasteiger partial charge in [0.1, 0.15) is 13.3 Å². The number of aromatic nitrogens is 1. The molecule has 0 radical (unpaired) electrons. The van der Waals surface area contributed by atoms with E-state index in [1.165, 1.54) is 24.3 Å². The predicted octanol–water partition coefficient (Wildman–Crippen LogP) is 5.19. The van der Waals surface area contributed by atoms with Gasteiger partial charge in [-0.1, -0.05) is 35.0 Å². The Balaban J connectivity index is 1.84. The van der Waals surface area contributed by atoms with E-state index in [1.54, 1.807) is 24.3 Å². The summed E-state index contributed by atoms with van der Waals surface area (Å²) in [5.74, 6) is -0.0678. The van der Waals surface area contributed by atoms with Gasteiger partial charge in [-0.25, -0.2) is 8.78 Å². The summed E-state index contributed by atoms with van der Waals surface area (Å²) in [6.45, 7) is -1.74. The van der Waals surface area contributed by atoms with Gasteiger partial charge < -0.3 is 9.84 Å². The molecule has 3 rings (SSSR count). The van der Waals surface area contributed by atoms with E-state index in [2.05, 4.69) is 10.5 Å². The molecule has 1 amide bonds. The summed E-state index contributed by atoms with van der Waals surface area (Å²) in [6.07, 6.45) is 0. The first-order chi connectivity index (χ1) is 12.1. The molecule has 0 saturated carbocycles. The summed E-state index contributed by atoms with van der Waals surface area (Å²) in [5.41, 5.74) is 0.942. The minimum atomic E-state index is -0.870. The second-order valence-electron chi connectivity index (χ2n) is 5.26. The van der Waals surface area contributed by atoms with Crippen LogP contribution in [0, 0.1) is 0 Å². The lowest BCUT2D eigenvalue weighted by Gasteiger charge is -2.09. The number of nitrogens with zero attached hydrogens (tertiary/aromatic N) is 1. The van der Waals surface area contributed by atoms with Gasteiger partial charge in [0.25, 0.3) is 5.91 Å². The van der Waals surface area contributed by atoms with E-state index in [4.69, 9.17) is 16.1 Å². The number of hydrogen-bond donors (Lipinski definition) is 1. The number of anilines is 1. The molecule has 0 aliphatic heterocycles. The number of benzene rings is 2. The molecule has 1 heterocycles. The Bertz CT molecular complexity index is 872. The Labute approximate surface area is 147 Å². The fourth-order valence-electron chi connectivity index (χ4n) is 2.43. The molecule has 0 aliphatic carbocycles. The second-order valence-corrected chi connectivity index (χ2v) is 5.69. The molecular weight excluding hydrogens is 350 g/mol. The number of carbonyl (C=O) groups is 1. The third-order valence-electron chi connectivity index (χ3n) is 3.63. The zero-order valence-electron chi connectivity index (χ0n) is 12.9. The molecule has 0 bridgehead atoms. The smallest absolute Gasteiger partial charge is 0.257 e. The summed E-state index contributed by atoms with van der Waals surface area (Å²) in [5, 5.41) is 6.85. The molecule has 0 unspecified atom stereocenters. The molecule has 0 atom stereocenters. The fourth-order valence-corrected chi connectivity index (χ4v) is 2.56. The number of alkyl halides is 2. The van der Waals surface area contributed by atoms with Gasteiger partial charge in [0.2, 0.25) is 0 Å². The van der Waals surface area contributed by atoms with Gasteiger partial charge in [-0.05, 0) is 35.4 Å². The summed E-state index contributed by atoms with van der Waals surface area (Å²) < 4.78 is 31.4. The molecule has 2 aromatic carbocycles. The van der Waals surface area contributed by atoms with Crippen LogP contribution < -0.4 is 5.32 Å². The van der Waals surface area contributed by atoms with Gasteiger partial charge in [-0.15, -0.1) is 0 Å². The summed E-state index contributed by atoms with van der Waals surface area (Å²) in [4.78, 5) is 12.4. The molecule has 128 valence electrons. The van der Waals surface area contributed by atoms with Gasteiger partial charge in [-0.3, -0.25) is 4.79 Å². The monoisotopic (exact) mass is 362 g/mol. The lowest BCUT2D eigenvalue weighted by Crippen LogP contribution is -2.16. The standard InChI is InChI=1S/C18H13ClF2N2O2/c19-14-6-4-11(5-7-14)15-8-16(23-25-15)22-18(24)17-12(9-20)2-1-3-13(17)10-21/h1-8H,9-10H2,(H,22,23,24). The molecule has 1 aromatic heterocycles. The van der Waals surface area contributed by atoms with Crippen molar-refractivity contribution < 1.29 is 18.1 Å². The van der Waals surface area contributed by atoms with Crippen molar-refractivity contribution in [2.75, 3.05) is 5.32 Å². The van der Waals surface area contributed by atoms with Crippen LogP contribution in [0.15, 0.2) is 53.1 Å². The van der Waals surface area contributed by atoms with Crippen LogP contribution in [0.1, 0.15) is 21.5 Å². The van der Waals surface area contributed by atoms with Crippen LogP contribution in [0.2, 0.25) is 5.02 Å². The summed E-state index contributed by atoms with van der Waals surface area (Å²) in [7, 11) is 0. The van der Waals surface area contributed by atoms with Crippen LogP contribution >= 0.6 is 11.6 Å². The number of nitrogens with one attached hydrogen (secondary N) is 1. The van der Waals surface area contributed by atoms with Crippen LogP contribution in [0.4, 0.5) is 14.6 Å². The Morgan fingerprint density at radius 2 is 1.72 bits per heavy atom. The van der Waals surface area contributed by atoms with E-state index in [9.17, 15) is 13.6 Å². The maximum absolute atomic E-state index is 13.1. The maximum Gasteiger partial charge on any atom is 0.257 e. The summed E-state index contributed by atoms with van der Waals surface area (Å²) >= 11 is 5.83. The van der Waals surface area contributed by atoms with Crippen LogP contribution in [0.3, 0.4) is 0 Å². The quantitative estimate of drug-likeness (QED) is 0.679. The van der Waals surface area contributed by atoms with Gasteiger partial charge in [-0.2, -0.15) is 0 Å². The lowest BCUT2D eigenvalue weighted by molar-refractivity contribution is 0.102. The third-order valence-corrected chi connectivity index (χ3v) is 3.88. The number of hydrogen-bond acceptors (Lipinski definition) is 3. The van der Waals surface area contributed by atoms with Crippen LogP contribution in [0.25, 0.3) is 11.3 Å². The molecule has 7 heteroatoms. The highest BCUT2D eigenvalue weighted by Gasteiger charge is 2.18. The van der Waals surface area contributed by atoms with Gasteiger partial charge in [0.05, 0.1) is 5.56 Å². The Morgan fingerprint density at radius 1 is 1.08 bits per heavy atom. The van der Waals surface area contributed by atoms with Crippen LogP contribution in [-0.4, -0.2) is 11.1 Å². The average Bonchev–Trinajstić information content (AvgIpc) is 3.09. The second kappa shape index (κ2) is 7.44. The Morgan fingerprint density at radius 3 is 2.32 bits per heavy atom. The van der Waals surface area contributed by atoms with Crippen LogP contribution in [-0.2, 0) is 13.3 Å². The van der Waals surface area contributed by atoms with Crippen molar-refractivity contribution >= 4 is 23.3 Å². The first-order valence-electron chi connectivity index (χ1n) is 7.39. The predicted molar refractivity (Wildman–Crippen MR) is 91.0 cm³/mol. The number of amides is 1. The fraction of sp³-hybridized carbons (Fsp3) is 0.111. The van der Waals surface area contributed by atoms with E-state index < -0.39 is 19.3 Å². The first kappa shape index (κ1) is 17.1. The van der Waals surface area contributed by atoms with Crippen molar-refractivity contribution in [1.82, 2.24) is 5.16 Å². The van der Waals surface area contributed by atoms with E-state index in [-0.39, 0.29) is 22.5 Å². The zero-order valence-corrected chi connectivity index (χ0v) is 13.7. The maximum atomic E-state index is 13.1. The molecule has 0 saturated heterocycles. The Kier molecular flexibility index (Phi) is 5.09. The lowest BCUT2D eigenvalue weighted by atomic mass is 10.0. The highest BCUT2D eigenvalue weighted by atomic mass is 35.5. The van der Waals surface area contributed by atoms with E-state index in [0.717, 1.165) is 5.56 Å². The molecule has 4 nitrogen and oxygen atoms in total. The van der Waals surface area contributed by atoms with Crippen LogP contribution in [0.5, 0.6) is 0 Å². The van der Waals surface area contributed by atoms with Crippen molar-refractivity contribution in [1.29, 1.82) is 0 Å². The molecule has 3 aromatic rings. The van der Waals surface area contributed by atoms with E-state index >= 15 is 0 Å². The first-order valence-corrected chi connectivity index (χ1v) is 7.77. The van der Waals surface area contributed by atoms with Gasteiger partial charge in [0, 0.05) is 16.7 Å². The van der Waals surface area contributed by atoms with E-state index in [0.29, 0.717) is 10.8 Å². The third kappa shape index (κ3) is 3.69. The highest BCUT2D eigenvalue weighted by molar-refractivity contribution is 6.30. The minimum absolute atomic E-state index is 0.0245. The topological polar surface area (TPSA) is 55.1 Å². The average molecular weight is 363 g/mol. The number of carbonyl (C=O) groups excluding carboxylic acids is 1. The van der Waals surface area contributed by atoms with Crippen molar-refractivity contribution in [2.45, 2.75) is 13.3 Å². The number of rotatable bonds is 5. The van der Waals surface area contributed by atoms with E-state index in [1.807, 2.05) is 0 Å². The molecule has 0 aliphatic rings. The largest absolute Gasteiger partial charge is 0.354 e. The Hall–Kier alpha value is -2.73. The highest BCUT2D eigenvalue weighted by Crippen LogP contribution is 2.25. The van der Waals surface area contributed by atoms with Crippen molar-refractivity contribution in [3.05, 3.63) is 70.2 Å². The molecular formula is C18H13ClF2N2O2. The van der Waals surface area contributed by atoms with Gasteiger partial charge >= 0.3 is 0 Å². The summed E-state index contributed by atoms with van der Waals surface area (Å²) in [6, 6.07) is 12.8. The molecule has 0 spiro atoms.